The van der Waals surface area contributed by atoms with Crippen LogP contribution in [-0.2, 0) is 20.1 Å². The number of rotatable bonds is 7. The molecule has 0 saturated carbocycles. The Hall–Kier alpha value is -1.24. The molecule has 1 unspecified atom stereocenters. The molecular formula is C17H25ClN2O3S. The molecule has 1 aromatic rings. The van der Waals surface area contributed by atoms with Gasteiger partial charge in [-0.15, -0.1) is 12.4 Å². The Bertz CT molecular complexity index is 536. The minimum Gasteiger partial charge on any atom is -0.469 e. The Morgan fingerprint density at radius 3 is 2.96 bits per heavy atom. The van der Waals surface area contributed by atoms with Gasteiger partial charge in [-0.25, -0.2) is 0 Å². The van der Waals surface area contributed by atoms with Crippen molar-refractivity contribution in [3.8, 4) is 0 Å². The third-order valence-electron chi connectivity index (χ3n) is 3.81. The van der Waals surface area contributed by atoms with E-state index in [1.54, 1.807) is 11.8 Å². The summed E-state index contributed by atoms with van der Waals surface area (Å²) in [6, 6.07) is 7.89. The zero-order valence-corrected chi connectivity index (χ0v) is 15.5. The molecule has 24 heavy (non-hydrogen) atoms. The number of esters is 1. The smallest absolute Gasteiger partial charge is 0.306 e. The van der Waals surface area contributed by atoms with E-state index in [1.165, 1.54) is 7.11 Å². The van der Waals surface area contributed by atoms with E-state index in [0.717, 1.165) is 48.7 Å². The highest BCUT2D eigenvalue weighted by atomic mass is 35.5. The van der Waals surface area contributed by atoms with Gasteiger partial charge in [0.25, 0.3) is 0 Å². The fourth-order valence-electron chi connectivity index (χ4n) is 2.51. The van der Waals surface area contributed by atoms with Crippen molar-refractivity contribution in [1.82, 2.24) is 5.32 Å². The second-order valence-corrected chi connectivity index (χ2v) is 6.72. The van der Waals surface area contributed by atoms with Crippen molar-refractivity contribution in [2.75, 3.05) is 31.3 Å². The number of piperidine rings is 1. The van der Waals surface area contributed by atoms with Gasteiger partial charge in [-0.1, -0.05) is 12.1 Å². The van der Waals surface area contributed by atoms with Gasteiger partial charge in [-0.3, -0.25) is 9.59 Å². The van der Waals surface area contributed by atoms with Crippen molar-refractivity contribution in [1.29, 1.82) is 0 Å². The molecule has 2 N–H and O–H groups in total. The van der Waals surface area contributed by atoms with Crippen LogP contribution in [0.5, 0.6) is 0 Å². The number of nitrogens with one attached hydrogen (secondary N) is 2. The van der Waals surface area contributed by atoms with Gasteiger partial charge in [0, 0.05) is 23.7 Å². The van der Waals surface area contributed by atoms with Gasteiger partial charge in [0.2, 0.25) is 5.91 Å². The number of ether oxygens (including phenoxy) is 1. The molecule has 0 radical (unpaired) electrons. The summed E-state index contributed by atoms with van der Waals surface area (Å²) < 4.78 is 4.62. The summed E-state index contributed by atoms with van der Waals surface area (Å²) in [5.41, 5.74) is 1.98. The molecule has 1 aliphatic heterocycles. The molecule has 1 aliphatic rings. The molecular weight excluding hydrogens is 348 g/mol. The Morgan fingerprint density at radius 2 is 2.25 bits per heavy atom. The average molecular weight is 373 g/mol. The molecule has 0 aromatic heterocycles. The van der Waals surface area contributed by atoms with E-state index in [-0.39, 0.29) is 30.2 Å². The zero-order chi connectivity index (χ0) is 16.5. The van der Waals surface area contributed by atoms with Crippen LogP contribution < -0.4 is 10.6 Å². The van der Waals surface area contributed by atoms with Crippen molar-refractivity contribution in [2.45, 2.75) is 25.0 Å². The van der Waals surface area contributed by atoms with Crippen LogP contribution >= 0.6 is 24.2 Å². The lowest BCUT2D eigenvalue weighted by molar-refractivity contribution is -0.140. The SMILES string of the molecule is COC(=O)CCSCc1cccc(NC(=O)C2CCCNC2)c1.Cl. The summed E-state index contributed by atoms with van der Waals surface area (Å²) in [4.78, 5) is 23.3. The predicted octanol–water partition coefficient (Wildman–Crippen LogP) is 2.84. The Balaban J connectivity index is 0.00000288. The molecule has 0 spiro atoms. The number of methoxy groups -OCH3 is 1. The van der Waals surface area contributed by atoms with Gasteiger partial charge in [0.05, 0.1) is 19.4 Å². The first-order chi connectivity index (χ1) is 11.2. The highest BCUT2D eigenvalue weighted by molar-refractivity contribution is 7.98. The van der Waals surface area contributed by atoms with Gasteiger partial charge in [-0.05, 0) is 37.1 Å². The fourth-order valence-corrected chi connectivity index (χ4v) is 3.38. The number of thioether (sulfide) groups is 1. The van der Waals surface area contributed by atoms with Crippen LogP contribution in [-0.4, -0.2) is 37.8 Å². The first-order valence-electron chi connectivity index (χ1n) is 7.94. The van der Waals surface area contributed by atoms with E-state index >= 15 is 0 Å². The van der Waals surface area contributed by atoms with E-state index in [1.807, 2.05) is 24.3 Å². The van der Waals surface area contributed by atoms with Crippen LogP contribution in [0.25, 0.3) is 0 Å². The highest BCUT2D eigenvalue weighted by Gasteiger charge is 2.20. The number of benzene rings is 1. The number of carbonyl (C=O) groups excluding carboxylic acids is 2. The Kier molecular flexibility index (Phi) is 9.83. The van der Waals surface area contributed by atoms with Crippen LogP contribution in [0.3, 0.4) is 0 Å². The van der Waals surface area contributed by atoms with Crippen molar-refractivity contribution >= 4 is 41.7 Å². The van der Waals surface area contributed by atoms with Crippen molar-refractivity contribution in [3.05, 3.63) is 29.8 Å². The predicted molar refractivity (Wildman–Crippen MR) is 101 cm³/mol. The monoisotopic (exact) mass is 372 g/mol. The molecule has 7 heteroatoms. The molecule has 1 heterocycles. The summed E-state index contributed by atoms with van der Waals surface area (Å²) in [5.74, 6) is 1.51. The largest absolute Gasteiger partial charge is 0.469 e. The number of amides is 1. The maximum absolute atomic E-state index is 12.2. The number of carbonyl (C=O) groups is 2. The normalized spacial score (nSPS) is 16.8. The van der Waals surface area contributed by atoms with Gasteiger partial charge >= 0.3 is 5.97 Å². The molecule has 2 rings (SSSR count). The lowest BCUT2D eigenvalue weighted by atomic mass is 9.99. The molecule has 1 atom stereocenters. The number of hydrogen-bond donors (Lipinski definition) is 2. The summed E-state index contributed by atoms with van der Waals surface area (Å²) in [6.07, 6.45) is 2.42. The second kappa shape index (κ2) is 11.3. The molecule has 0 aliphatic carbocycles. The van der Waals surface area contributed by atoms with Crippen LogP contribution in [0.2, 0.25) is 0 Å². The van der Waals surface area contributed by atoms with E-state index in [4.69, 9.17) is 0 Å². The molecule has 1 fully saturated rings. The zero-order valence-electron chi connectivity index (χ0n) is 13.9. The summed E-state index contributed by atoms with van der Waals surface area (Å²) in [5, 5.41) is 6.27. The Labute approximate surface area is 153 Å². The van der Waals surface area contributed by atoms with Gasteiger partial charge in [0.15, 0.2) is 0 Å². The lowest BCUT2D eigenvalue weighted by Gasteiger charge is -2.22. The standard InChI is InChI=1S/C17H24N2O3S.ClH/c1-22-16(20)7-9-23-12-13-4-2-6-15(10-13)19-17(21)14-5-3-8-18-11-14;/h2,4,6,10,14,18H,3,5,7-9,11-12H2,1H3,(H,19,21);1H. The van der Waals surface area contributed by atoms with Crippen molar-refractivity contribution < 1.29 is 14.3 Å². The van der Waals surface area contributed by atoms with E-state index in [2.05, 4.69) is 15.4 Å². The molecule has 1 saturated heterocycles. The summed E-state index contributed by atoms with van der Waals surface area (Å²) >= 11 is 1.68. The average Bonchev–Trinajstić information content (AvgIpc) is 2.59. The quantitative estimate of drug-likeness (QED) is 0.569. The molecule has 5 nitrogen and oxygen atoms in total. The van der Waals surface area contributed by atoms with Gasteiger partial charge in [-0.2, -0.15) is 11.8 Å². The van der Waals surface area contributed by atoms with Crippen molar-refractivity contribution in [2.24, 2.45) is 5.92 Å². The molecule has 0 bridgehead atoms. The molecule has 134 valence electrons. The maximum atomic E-state index is 12.2. The minimum atomic E-state index is -0.181. The fraction of sp³-hybridized carbons (Fsp3) is 0.529. The summed E-state index contributed by atoms with van der Waals surface area (Å²) in [7, 11) is 1.40. The summed E-state index contributed by atoms with van der Waals surface area (Å²) in [6.45, 7) is 1.76. The Morgan fingerprint density at radius 1 is 1.42 bits per heavy atom. The number of halogens is 1. The minimum absolute atomic E-state index is 0. The third kappa shape index (κ3) is 7.11. The van der Waals surface area contributed by atoms with E-state index in [9.17, 15) is 9.59 Å². The number of hydrogen-bond acceptors (Lipinski definition) is 5. The van der Waals surface area contributed by atoms with Crippen LogP contribution in [0.1, 0.15) is 24.8 Å². The van der Waals surface area contributed by atoms with Gasteiger partial charge < -0.3 is 15.4 Å². The van der Waals surface area contributed by atoms with Crippen LogP contribution in [0.4, 0.5) is 5.69 Å². The van der Waals surface area contributed by atoms with Crippen molar-refractivity contribution in [3.63, 3.8) is 0 Å². The molecule has 1 aromatic carbocycles. The van der Waals surface area contributed by atoms with Gasteiger partial charge in [0.1, 0.15) is 0 Å². The van der Waals surface area contributed by atoms with Crippen LogP contribution in [0.15, 0.2) is 24.3 Å². The highest BCUT2D eigenvalue weighted by Crippen LogP contribution is 2.19. The molecule has 1 amide bonds. The van der Waals surface area contributed by atoms with E-state index in [0.29, 0.717) is 6.42 Å². The second-order valence-electron chi connectivity index (χ2n) is 5.61. The third-order valence-corrected chi connectivity index (χ3v) is 4.84. The maximum Gasteiger partial charge on any atom is 0.306 e. The lowest BCUT2D eigenvalue weighted by Crippen LogP contribution is -2.37. The topological polar surface area (TPSA) is 67.4 Å². The first-order valence-corrected chi connectivity index (χ1v) is 9.09. The number of anilines is 1. The van der Waals surface area contributed by atoms with E-state index < -0.39 is 0 Å². The van der Waals surface area contributed by atoms with Crippen LogP contribution in [0, 0.1) is 5.92 Å². The first kappa shape index (κ1) is 20.8.